The number of anilines is 1. The van der Waals surface area contributed by atoms with Crippen molar-refractivity contribution in [2.24, 2.45) is 0 Å². The van der Waals surface area contributed by atoms with Gasteiger partial charge in [-0.15, -0.1) is 0 Å². The lowest BCUT2D eigenvalue weighted by Gasteiger charge is -2.13. The van der Waals surface area contributed by atoms with Crippen LogP contribution in [0.1, 0.15) is 12.8 Å². The fourth-order valence-corrected chi connectivity index (χ4v) is 2.64. The summed E-state index contributed by atoms with van der Waals surface area (Å²) in [5.74, 6) is 0. The molecule has 0 amide bonds. The summed E-state index contributed by atoms with van der Waals surface area (Å²) >= 11 is 0. The van der Waals surface area contributed by atoms with E-state index in [2.05, 4.69) is 15.6 Å². The van der Waals surface area contributed by atoms with Crippen LogP contribution < -0.4 is 10.6 Å². The molecule has 2 heterocycles. The highest BCUT2D eigenvalue weighted by atomic mass is 16.6. The molecule has 6 heteroatoms. The van der Waals surface area contributed by atoms with Crippen molar-refractivity contribution in [1.29, 1.82) is 0 Å². The highest BCUT2D eigenvalue weighted by Gasteiger charge is 2.20. The third-order valence-corrected chi connectivity index (χ3v) is 3.64. The molecule has 1 aromatic heterocycles. The smallest absolute Gasteiger partial charge is 0.301 e. The van der Waals surface area contributed by atoms with Gasteiger partial charge in [0.15, 0.2) is 0 Å². The van der Waals surface area contributed by atoms with Crippen molar-refractivity contribution in [3.63, 3.8) is 0 Å². The minimum Gasteiger partial charge on any atom is -0.378 e. The monoisotopic (exact) mass is 272 g/mol. The van der Waals surface area contributed by atoms with E-state index in [0.29, 0.717) is 29.2 Å². The minimum absolute atomic E-state index is 0.105. The van der Waals surface area contributed by atoms with Gasteiger partial charge in [0.1, 0.15) is 5.69 Å². The second-order valence-corrected chi connectivity index (χ2v) is 4.96. The lowest BCUT2D eigenvalue weighted by Crippen LogP contribution is -2.29. The first kappa shape index (κ1) is 12.8. The van der Waals surface area contributed by atoms with Crippen molar-refractivity contribution in [3.05, 3.63) is 40.6 Å². The fourth-order valence-electron chi connectivity index (χ4n) is 2.64. The number of pyridine rings is 1. The van der Waals surface area contributed by atoms with E-state index in [1.54, 1.807) is 24.4 Å². The number of aromatic nitrogens is 1. The van der Waals surface area contributed by atoms with Crippen molar-refractivity contribution in [1.82, 2.24) is 10.3 Å². The third kappa shape index (κ3) is 2.42. The zero-order valence-electron chi connectivity index (χ0n) is 11.0. The van der Waals surface area contributed by atoms with Gasteiger partial charge < -0.3 is 10.6 Å². The van der Waals surface area contributed by atoms with Gasteiger partial charge in [0, 0.05) is 18.8 Å². The number of benzene rings is 1. The maximum atomic E-state index is 11.4. The van der Waals surface area contributed by atoms with Crippen LogP contribution in [0.15, 0.2) is 30.5 Å². The Bertz CT molecular complexity index is 638. The van der Waals surface area contributed by atoms with Crippen molar-refractivity contribution in [3.8, 4) is 0 Å². The van der Waals surface area contributed by atoms with Gasteiger partial charge in [-0.1, -0.05) is 0 Å². The molecule has 0 spiro atoms. The van der Waals surface area contributed by atoms with Crippen LogP contribution in [0.3, 0.4) is 0 Å². The molecule has 20 heavy (non-hydrogen) atoms. The maximum Gasteiger partial charge on any atom is 0.301 e. The Balaban J connectivity index is 1.92. The van der Waals surface area contributed by atoms with Crippen LogP contribution in [0.5, 0.6) is 0 Å². The molecule has 1 aliphatic rings. The van der Waals surface area contributed by atoms with Crippen molar-refractivity contribution < 1.29 is 4.92 Å². The Morgan fingerprint density at radius 1 is 1.45 bits per heavy atom. The predicted octanol–water partition coefficient (Wildman–Crippen LogP) is 2.31. The topological polar surface area (TPSA) is 80.1 Å². The summed E-state index contributed by atoms with van der Waals surface area (Å²) in [6.07, 6.45) is 3.91. The van der Waals surface area contributed by atoms with E-state index in [4.69, 9.17) is 0 Å². The molecule has 2 N–H and O–H groups in total. The van der Waals surface area contributed by atoms with Crippen LogP contribution in [0.25, 0.3) is 10.9 Å². The van der Waals surface area contributed by atoms with Crippen LogP contribution >= 0.6 is 0 Å². The molecule has 0 radical (unpaired) electrons. The van der Waals surface area contributed by atoms with E-state index < -0.39 is 0 Å². The van der Waals surface area contributed by atoms with E-state index in [1.165, 1.54) is 0 Å². The van der Waals surface area contributed by atoms with E-state index in [0.717, 1.165) is 19.4 Å². The summed E-state index contributed by atoms with van der Waals surface area (Å²) in [7, 11) is 0. The van der Waals surface area contributed by atoms with Gasteiger partial charge in [0.2, 0.25) is 0 Å². The fraction of sp³-hybridized carbons (Fsp3) is 0.357. The SMILES string of the molecule is O=[N+]([O-])c1c(NCC2CCCN2)ccc2ncccc12. The molecule has 0 saturated carbocycles. The first-order valence-corrected chi connectivity index (χ1v) is 6.75. The Labute approximate surface area is 116 Å². The Kier molecular flexibility index (Phi) is 3.47. The second kappa shape index (κ2) is 5.42. The largest absolute Gasteiger partial charge is 0.378 e. The molecule has 1 fully saturated rings. The van der Waals surface area contributed by atoms with Gasteiger partial charge in [-0.05, 0) is 43.7 Å². The van der Waals surface area contributed by atoms with Gasteiger partial charge >= 0.3 is 5.69 Å². The quantitative estimate of drug-likeness (QED) is 0.659. The lowest BCUT2D eigenvalue weighted by molar-refractivity contribution is -0.382. The van der Waals surface area contributed by atoms with Gasteiger partial charge in [-0.2, -0.15) is 0 Å². The zero-order valence-corrected chi connectivity index (χ0v) is 11.0. The number of fused-ring (bicyclic) bond motifs is 1. The van der Waals surface area contributed by atoms with Gasteiger partial charge in [0.25, 0.3) is 0 Å². The molecule has 104 valence electrons. The van der Waals surface area contributed by atoms with Crippen LogP contribution in [0.2, 0.25) is 0 Å². The summed E-state index contributed by atoms with van der Waals surface area (Å²) in [5, 5.41) is 18.5. The van der Waals surface area contributed by atoms with Crippen LogP contribution in [0.4, 0.5) is 11.4 Å². The molecule has 6 nitrogen and oxygen atoms in total. The Hall–Kier alpha value is -2.21. The highest BCUT2D eigenvalue weighted by molar-refractivity contribution is 5.94. The number of nitrogens with zero attached hydrogens (tertiary/aromatic N) is 2. The average molecular weight is 272 g/mol. The van der Waals surface area contributed by atoms with Gasteiger partial charge in [-0.3, -0.25) is 15.1 Å². The third-order valence-electron chi connectivity index (χ3n) is 3.64. The Morgan fingerprint density at radius 3 is 3.10 bits per heavy atom. The number of hydrogen-bond acceptors (Lipinski definition) is 5. The van der Waals surface area contributed by atoms with Crippen molar-refractivity contribution >= 4 is 22.3 Å². The molecule has 0 aliphatic carbocycles. The number of nitrogens with one attached hydrogen (secondary N) is 2. The molecule has 0 bridgehead atoms. The standard InChI is InChI=1S/C14H16N4O2/c19-18(20)14-11-4-2-8-16-12(11)5-6-13(14)17-9-10-3-1-7-15-10/h2,4-6,8,10,15,17H,1,3,7,9H2. The van der Waals surface area contributed by atoms with Crippen molar-refractivity contribution in [2.75, 3.05) is 18.4 Å². The molecule has 1 aromatic carbocycles. The molecule has 1 aliphatic heterocycles. The summed E-state index contributed by atoms with van der Waals surface area (Å²) in [6, 6.07) is 7.39. The Morgan fingerprint density at radius 2 is 2.35 bits per heavy atom. The van der Waals surface area contributed by atoms with Crippen LogP contribution in [-0.4, -0.2) is 29.0 Å². The molecule has 3 rings (SSSR count). The van der Waals surface area contributed by atoms with Crippen molar-refractivity contribution in [2.45, 2.75) is 18.9 Å². The summed E-state index contributed by atoms with van der Waals surface area (Å²) in [4.78, 5) is 15.2. The van der Waals surface area contributed by atoms with Crippen LogP contribution in [0, 0.1) is 10.1 Å². The molecule has 2 aromatic rings. The number of hydrogen-bond donors (Lipinski definition) is 2. The number of rotatable bonds is 4. The number of nitro benzene ring substituents is 1. The molecular weight excluding hydrogens is 256 g/mol. The second-order valence-electron chi connectivity index (χ2n) is 4.96. The first-order valence-electron chi connectivity index (χ1n) is 6.75. The molecule has 1 unspecified atom stereocenters. The van der Waals surface area contributed by atoms with Gasteiger partial charge in [0.05, 0.1) is 15.8 Å². The summed E-state index contributed by atoms with van der Waals surface area (Å²) in [5.41, 5.74) is 1.31. The zero-order chi connectivity index (χ0) is 13.9. The molecule has 1 atom stereocenters. The lowest BCUT2D eigenvalue weighted by atomic mass is 10.1. The molecular formula is C14H16N4O2. The van der Waals surface area contributed by atoms with Gasteiger partial charge in [-0.25, -0.2) is 0 Å². The highest BCUT2D eigenvalue weighted by Crippen LogP contribution is 2.32. The minimum atomic E-state index is -0.339. The summed E-state index contributed by atoms with van der Waals surface area (Å²) in [6.45, 7) is 1.72. The predicted molar refractivity (Wildman–Crippen MR) is 77.9 cm³/mol. The normalized spacial score (nSPS) is 18.3. The van der Waals surface area contributed by atoms with E-state index in [1.807, 2.05) is 6.07 Å². The van der Waals surface area contributed by atoms with Crippen LogP contribution in [-0.2, 0) is 0 Å². The first-order chi connectivity index (χ1) is 9.75. The number of nitro groups is 1. The maximum absolute atomic E-state index is 11.4. The average Bonchev–Trinajstić information content (AvgIpc) is 2.97. The summed E-state index contributed by atoms with van der Waals surface area (Å²) < 4.78 is 0. The molecule has 1 saturated heterocycles. The van der Waals surface area contributed by atoms with E-state index in [-0.39, 0.29) is 10.6 Å². The van der Waals surface area contributed by atoms with E-state index in [9.17, 15) is 10.1 Å². The van der Waals surface area contributed by atoms with E-state index >= 15 is 0 Å².